The summed E-state index contributed by atoms with van der Waals surface area (Å²) < 4.78 is 0. The second-order valence-electron chi connectivity index (χ2n) is 4.02. The molecule has 0 saturated heterocycles. The van der Waals surface area contributed by atoms with Crippen LogP contribution in [-0.2, 0) is 0 Å². The largest absolute Gasteiger partial charge is 0.396 e. The summed E-state index contributed by atoms with van der Waals surface area (Å²) in [6, 6.07) is 1.71. The first-order valence-electron chi connectivity index (χ1n) is 5.58. The highest BCUT2D eigenvalue weighted by Crippen LogP contribution is 2.22. The number of hydrogen-bond donors (Lipinski definition) is 2. The Bertz CT molecular complexity index is 401. The third-order valence-electron chi connectivity index (χ3n) is 2.76. The number of nitrogens with two attached hydrogens (primary N) is 1. The SMILES string of the molecule is Nc1cc(Cl)cnc1NCCC1=CCCC1. The van der Waals surface area contributed by atoms with E-state index in [-0.39, 0.29) is 0 Å². The Kier molecular flexibility index (Phi) is 3.67. The molecule has 0 aliphatic heterocycles. The number of nitrogen functional groups attached to an aromatic ring is 1. The lowest BCUT2D eigenvalue weighted by Crippen LogP contribution is -2.06. The molecule has 86 valence electrons. The molecule has 1 aliphatic carbocycles. The van der Waals surface area contributed by atoms with E-state index in [2.05, 4.69) is 16.4 Å². The number of rotatable bonds is 4. The van der Waals surface area contributed by atoms with Gasteiger partial charge < -0.3 is 11.1 Å². The smallest absolute Gasteiger partial charge is 0.149 e. The molecular formula is C12H16ClN3. The zero-order valence-corrected chi connectivity index (χ0v) is 9.93. The minimum atomic E-state index is 0.571. The van der Waals surface area contributed by atoms with Crippen LogP contribution in [0.1, 0.15) is 25.7 Å². The van der Waals surface area contributed by atoms with Crippen LogP contribution in [0.25, 0.3) is 0 Å². The lowest BCUT2D eigenvalue weighted by molar-refractivity contribution is 0.862. The summed E-state index contributed by atoms with van der Waals surface area (Å²) in [7, 11) is 0. The second-order valence-corrected chi connectivity index (χ2v) is 4.46. The van der Waals surface area contributed by atoms with Gasteiger partial charge in [-0.2, -0.15) is 0 Å². The van der Waals surface area contributed by atoms with E-state index in [1.54, 1.807) is 17.8 Å². The van der Waals surface area contributed by atoms with Crippen LogP contribution in [-0.4, -0.2) is 11.5 Å². The minimum Gasteiger partial charge on any atom is -0.396 e. The molecule has 3 nitrogen and oxygen atoms in total. The number of pyridine rings is 1. The van der Waals surface area contributed by atoms with E-state index in [0.29, 0.717) is 10.7 Å². The molecule has 0 fully saturated rings. The molecule has 0 amide bonds. The summed E-state index contributed by atoms with van der Waals surface area (Å²) in [6.07, 6.45) is 8.79. The van der Waals surface area contributed by atoms with Gasteiger partial charge in [-0.3, -0.25) is 0 Å². The highest BCUT2D eigenvalue weighted by Gasteiger charge is 2.05. The molecule has 0 radical (unpaired) electrons. The predicted octanol–water partition coefficient (Wildman–Crippen LogP) is 3.23. The molecule has 1 aliphatic rings. The Morgan fingerprint density at radius 3 is 3.06 bits per heavy atom. The molecule has 4 heteroatoms. The maximum absolute atomic E-state index is 5.79. The molecule has 0 atom stereocenters. The van der Waals surface area contributed by atoms with Gasteiger partial charge >= 0.3 is 0 Å². The molecule has 1 heterocycles. The third kappa shape index (κ3) is 2.89. The van der Waals surface area contributed by atoms with Crippen molar-refractivity contribution in [1.29, 1.82) is 0 Å². The molecule has 3 N–H and O–H groups in total. The van der Waals surface area contributed by atoms with Gasteiger partial charge in [0.05, 0.1) is 10.7 Å². The van der Waals surface area contributed by atoms with Gasteiger partial charge in [0.2, 0.25) is 0 Å². The zero-order chi connectivity index (χ0) is 11.4. The van der Waals surface area contributed by atoms with Crippen molar-refractivity contribution in [2.24, 2.45) is 0 Å². The number of allylic oxidation sites excluding steroid dienone is 1. The fraction of sp³-hybridized carbons (Fsp3) is 0.417. The van der Waals surface area contributed by atoms with Gasteiger partial charge in [-0.25, -0.2) is 4.98 Å². The van der Waals surface area contributed by atoms with Crippen LogP contribution < -0.4 is 11.1 Å². The Labute approximate surface area is 101 Å². The molecule has 16 heavy (non-hydrogen) atoms. The first-order chi connectivity index (χ1) is 7.75. The van der Waals surface area contributed by atoms with Crippen molar-refractivity contribution in [3.05, 3.63) is 28.9 Å². The number of hydrogen-bond acceptors (Lipinski definition) is 3. The molecule has 0 spiro atoms. The number of nitrogens with one attached hydrogen (secondary N) is 1. The van der Waals surface area contributed by atoms with Gasteiger partial charge in [0.15, 0.2) is 0 Å². The summed E-state index contributed by atoms with van der Waals surface area (Å²) in [6.45, 7) is 0.880. The van der Waals surface area contributed by atoms with Gasteiger partial charge in [0.25, 0.3) is 0 Å². The van der Waals surface area contributed by atoms with Crippen LogP contribution in [0.3, 0.4) is 0 Å². The minimum absolute atomic E-state index is 0.571. The van der Waals surface area contributed by atoms with E-state index < -0.39 is 0 Å². The first-order valence-corrected chi connectivity index (χ1v) is 5.96. The number of anilines is 2. The van der Waals surface area contributed by atoms with E-state index in [4.69, 9.17) is 17.3 Å². The lowest BCUT2D eigenvalue weighted by atomic mass is 10.2. The summed E-state index contributed by atoms with van der Waals surface area (Å²) in [5.74, 6) is 0.725. The van der Waals surface area contributed by atoms with Gasteiger partial charge in [-0.1, -0.05) is 23.3 Å². The standard InChI is InChI=1S/C12H16ClN3/c13-10-7-11(14)12(16-8-10)15-6-5-9-3-1-2-4-9/h3,7-8H,1-2,4-6,14H2,(H,15,16). The molecule has 2 rings (SSSR count). The summed E-state index contributed by atoms with van der Waals surface area (Å²) >= 11 is 5.78. The monoisotopic (exact) mass is 237 g/mol. The van der Waals surface area contributed by atoms with E-state index in [1.165, 1.54) is 19.3 Å². The molecule has 0 aromatic carbocycles. The zero-order valence-electron chi connectivity index (χ0n) is 9.17. The van der Waals surface area contributed by atoms with E-state index in [0.717, 1.165) is 18.8 Å². The molecular weight excluding hydrogens is 222 g/mol. The van der Waals surface area contributed by atoms with Gasteiger partial charge in [-0.05, 0) is 31.7 Å². The summed E-state index contributed by atoms with van der Waals surface area (Å²) in [4.78, 5) is 4.15. The second kappa shape index (κ2) is 5.21. The van der Waals surface area contributed by atoms with E-state index in [9.17, 15) is 0 Å². The lowest BCUT2D eigenvalue weighted by Gasteiger charge is -2.08. The topological polar surface area (TPSA) is 50.9 Å². The van der Waals surface area contributed by atoms with Gasteiger partial charge in [-0.15, -0.1) is 0 Å². The molecule has 1 aromatic rings. The average molecular weight is 238 g/mol. The third-order valence-corrected chi connectivity index (χ3v) is 2.96. The Morgan fingerprint density at radius 1 is 1.50 bits per heavy atom. The summed E-state index contributed by atoms with van der Waals surface area (Å²) in [5.41, 5.74) is 7.94. The quantitative estimate of drug-likeness (QED) is 0.791. The van der Waals surface area contributed by atoms with Crippen LogP contribution in [0.4, 0.5) is 11.5 Å². The maximum Gasteiger partial charge on any atom is 0.149 e. The van der Waals surface area contributed by atoms with E-state index in [1.807, 2.05) is 0 Å². The van der Waals surface area contributed by atoms with Crippen molar-refractivity contribution >= 4 is 23.1 Å². The summed E-state index contributed by atoms with van der Waals surface area (Å²) in [5, 5.41) is 3.80. The predicted molar refractivity (Wildman–Crippen MR) is 68.7 cm³/mol. The van der Waals surface area contributed by atoms with Crippen molar-refractivity contribution in [3.63, 3.8) is 0 Å². The first kappa shape index (κ1) is 11.3. The Hall–Kier alpha value is -1.22. The van der Waals surface area contributed by atoms with Gasteiger partial charge in [0.1, 0.15) is 5.82 Å². The van der Waals surface area contributed by atoms with Crippen LogP contribution in [0.5, 0.6) is 0 Å². The highest BCUT2D eigenvalue weighted by molar-refractivity contribution is 6.30. The maximum atomic E-state index is 5.79. The number of nitrogens with zero attached hydrogens (tertiary/aromatic N) is 1. The number of aromatic nitrogens is 1. The molecule has 0 bridgehead atoms. The molecule has 0 saturated carbocycles. The van der Waals surface area contributed by atoms with Gasteiger partial charge in [0, 0.05) is 12.7 Å². The van der Waals surface area contributed by atoms with Crippen molar-refractivity contribution in [2.45, 2.75) is 25.7 Å². The van der Waals surface area contributed by atoms with Crippen LogP contribution >= 0.6 is 11.6 Å². The number of halogens is 1. The fourth-order valence-corrected chi connectivity index (χ4v) is 2.07. The van der Waals surface area contributed by atoms with Crippen molar-refractivity contribution in [3.8, 4) is 0 Å². The molecule has 1 aromatic heterocycles. The van der Waals surface area contributed by atoms with Crippen molar-refractivity contribution in [2.75, 3.05) is 17.6 Å². The Balaban J connectivity index is 1.84. The average Bonchev–Trinajstić information content (AvgIpc) is 2.74. The van der Waals surface area contributed by atoms with Crippen LogP contribution in [0, 0.1) is 0 Å². The van der Waals surface area contributed by atoms with Crippen molar-refractivity contribution < 1.29 is 0 Å². The normalized spacial score (nSPS) is 14.9. The Morgan fingerprint density at radius 2 is 2.38 bits per heavy atom. The van der Waals surface area contributed by atoms with Crippen molar-refractivity contribution in [1.82, 2.24) is 4.98 Å². The van der Waals surface area contributed by atoms with E-state index >= 15 is 0 Å². The van der Waals surface area contributed by atoms with Crippen LogP contribution in [0.15, 0.2) is 23.9 Å². The van der Waals surface area contributed by atoms with Crippen LogP contribution in [0.2, 0.25) is 5.02 Å². The molecule has 0 unspecified atom stereocenters. The highest BCUT2D eigenvalue weighted by atomic mass is 35.5. The fourth-order valence-electron chi connectivity index (χ4n) is 1.91.